The minimum atomic E-state index is 0.608. The van der Waals surface area contributed by atoms with E-state index in [2.05, 4.69) is 26.2 Å². The lowest BCUT2D eigenvalue weighted by molar-refractivity contribution is 0.332. The zero-order chi connectivity index (χ0) is 14.4. The second-order valence-electron chi connectivity index (χ2n) is 4.01. The first-order valence-electron chi connectivity index (χ1n) is 6.51. The summed E-state index contributed by atoms with van der Waals surface area (Å²) in [4.78, 5) is 4.30. The van der Waals surface area contributed by atoms with Gasteiger partial charge in [0.1, 0.15) is 17.3 Å². The average Bonchev–Trinajstić information content (AvgIpc) is 2.45. The van der Waals surface area contributed by atoms with Crippen molar-refractivity contribution in [2.24, 2.45) is 0 Å². The van der Waals surface area contributed by atoms with Gasteiger partial charge in [-0.1, -0.05) is 0 Å². The quantitative estimate of drug-likeness (QED) is 0.849. The number of aromatic nitrogens is 1. The summed E-state index contributed by atoms with van der Waals surface area (Å²) in [6.07, 6.45) is 1.75. The molecule has 20 heavy (non-hydrogen) atoms. The van der Waals surface area contributed by atoms with E-state index in [0.717, 1.165) is 27.5 Å². The number of ether oxygens (including phenoxy) is 2. The molecule has 1 heterocycles. The van der Waals surface area contributed by atoms with Gasteiger partial charge in [0.25, 0.3) is 0 Å². The maximum absolute atomic E-state index is 5.61. The molecule has 0 atom stereocenters. The van der Waals surface area contributed by atoms with E-state index in [1.54, 1.807) is 6.20 Å². The van der Waals surface area contributed by atoms with Crippen LogP contribution in [0.5, 0.6) is 11.5 Å². The van der Waals surface area contributed by atoms with Crippen molar-refractivity contribution in [2.75, 3.05) is 18.5 Å². The molecule has 0 unspecified atom stereocenters. The van der Waals surface area contributed by atoms with Gasteiger partial charge < -0.3 is 14.8 Å². The summed E-state index contributed by atoms with van der Waals surface area (Å²) in [5, 5.41) is 3.25. The standard InChI is InChI=1S/C15H17BrN2O2/c1-3-19-12-6-7-14(20-4-2)13(9-12)18-15-8-5-11(16)10-17-15/h5-10H,3-4H2,1-2H3,(H,17,18). The highest BCUT2D eigenvalue weighted by Gasteiger charge is 2.07. The van der Waals surface area contributed by atoms with Gasteiger partial charge in [-0.05, 0) is 54.0 Å². The van der Waals surface area contributed by atoms with E-state index in [1.807, 2.05) is 44.2 Å². The van der Waals surface area contributed by atoms with Crippen molar-refractivity contribution in [1.82, 2.24) is 4.98 Å². The van der Waals surface area contributed by atoms with Crippen molar-refractivity contribution in [1.29, 1.82) is 0 Å². The van der Waals surface area contributed by atoms with E-state index in [1.165, 1.54) is 0 Å². The molecule has 0 saturated carbocycles. The summed E-state index contributed by atoms with van der Waals surface area (Å²) >= 11 is 3.37. The third-order valence-electron chi connectivity index (χ3n) is 2.55. The molecule has 2 aromatic rings. The van der Waals surface area contributed by atoms with Crippen molar-refractivity contribution < 1.29 is 9.47 Å². The minimum Gasteiger partial charge on any atom is -0.494 e. The van der Waals surface area contributed by atoms with Crippen LogP contribution in [0, 0.1) is 0 Å². The molecule has 0 aliphatic rings. The number of benzene rings is 1. The zero-order valence-corrected chi connectivity index (χ0v) is 13.1. The molecule has 0 radical (unpaired) electrons. The first-order chi connectivity index (χ1) is 9.72. The summed E-state index contributed by atoms with van der Waals surface area (Å²) in [5.41, 5.74) is 0.840. The highest BCUT2D eigenvalue weighted by Crippen LogP contribution is 2.31. The third-order valence-corrected chi connectivity index (χ3v) is 3.02. The fourth-order valence-electron chi connectivity index (χ4n) is 1.73. The Balaban J connectivity index is 2.26. The van der Waals surface area contributed by atoms with Crippen LogP contribution in [0.4, 0.5) is 11.5 Å². The van der Waals surface area contributed by atoms with Crippen molar-refractivity contribution in [2.45, 2.75) is 13.8 Å². The Hall–Kier alpha value is -1.75. The first-order valence-corrected chi connectivity index (χ1v) is 7.30. The lowest BCUT2D eigenvalue weighted by atomic mass is 10.2. The van der Waals surface area contributed by atoms with Crippen LogP contribution in [0.15, 0.2) is 41.0 Å². The Bertz CT molecular complexity index is 558. The van der Waals surface area contributed by atoms with Crippen LogP contribution in [0.3, 0.4) is 0 Å². The number of rotatable bonds is 6. The van der Waals surface area contributed by atoms with Crippen LogP contribution in [0.2, 0.25) is 0 Å². The molecule has 0 saturated heterocycles. The highest BCUT2D eigenvalue weighted by atomic mass is 79.9. The molecule has 0 fully saturated rings. The maximum Gasteiger partial charge on any atom is 0.143 e. The third kappa shape index (κ3) is 3.87. The topological polar surface area (TPSA) is 43.4 Å². The molecule has 0 bridgehead atoms. The lowest BCUT2D eigenvalue weighted by Crippen LogP contribution is -2.00. The van der Waals surface area contributed by atoms with Gasteiger partial charge in [-0.2, -0.15) is 0 Å². The van der Waals surface area contributed by atoms with Gasteiger partial charge in [0.15, 0.2) is 0 Å². The molecule has 106 valence electrons. The number of halogens is 1. The number of pyridine rings is 1. The molecule has 5 heteroatoms. The van der Waals surface area contributed by atoms with Crippen LogP contribution in [0.1, 0.15) is 13.8 Å². The molecule has 0 aliphatic carbocycles. The average molecular weight is 337 g/mol. The number of nitrogens with one attached hydrogen (secondary N) is 1. The Morgan fingerprint density at radius 2 is 1.90 bits per heavy atom. The van der Waals surface area contributed by atoms with Crippen LogP contribution in [-0.4, -0.2) is 18.2 Å². The van der Waals surface area contributed by atoms with Crippen molar-refractivity contribution in [3.05, 3.63) is 41.0 Å². The molecule has 4 nitrogen and oxygen atoms in total. The number of anilines is 2. The van der Waals surface area contributed by atoms with Crippen molar-refractivity contribution in [3.63, 3.8) is 0 Å². The molecule has 1 N–H and O–H groups in total. The lowest BCUT2D eigenvalue weighted by Gasteiger charge is -2.13. The molecule has 1 aromatic heterocycles. The van der Waals surface area contributed by atoms with Gasteiger partial charge in [-0.3, -0.25) is 0 Å². The minimum absolute atomic E-state index is 0.608. The summed E-state index contributed by atoms with van der Waals surface area (Å²) in [6, 6.07) is 9.54. The van der Waals surface area contributed by atoms with Crippen molar-refractivity contribution >= 4 is 27.4 Å². The molecule has 0 amide bonds. The van der Waals surface area contributed by atoms with E-state index in [9.17, 15) is 0 Å². The smallest absolute Gasteiger partial charge is 0.143 e. The van der Waals surface area contributed by atoms with Gasteiger partial charge >= 0.3 is 0 Å². The fraction of sp³-hybridized carbons (Fsp3) is 0.267. The highest BCUT2D eigenvalue weighted by molar-refractivity contribution is 9.10. The van der Waals surface area contributed by atoms with Crippen LogP contribution < -0.4 is 14.8 Å². The Morgan fingerprint density at radius 1 is 1.10 bits per heavy atom. The second-order valence-corrected chi connectivity index (χ2v) is 4.93. The van der Waals surface area contributed by atoms with E-state index < -0.39 is 0 Å². The van der Waals surface area contributed by atoms with E-state index in [-0.39, 0.29) is 0 Å². The van der Waals surface area contributed by atoms with E-state index >= 15 is 0 Å². The Labute approximate surface area is 127 Å². The summed E-state index contributed by atoms with van der Waals surface area (Å²) in [7, 11) is 0. The van der Waals surface area contributed by atoms with E-state index in [0.29, 0.717) is 13.2 Å². The van der Waals surface area contributed by atoms with Gasteiger partial charge in [0.2, 0.25) is 0 Å². The molecule has 1 aromatic carbocycles. The number of hydrogen-bond donors (Lipinski definition) is 1. The zero-order valence-electron chi connectivity index (χ0n) is 11.5. The SMILES string of the molecule is CCOc1ccc(OCC)c(Nc2ccc(Br)cn2)c1. The Morgan fingerprint density at radius 3 is 2.55 bits per heavy atom. The predicted molar refractivity (Wildman–Crippen MR) is 84.0 cm³/mol. The molecule has 0 aliphatic heterocycles. The molecular weight excluding hydrogens is 320 g/mol. The fourth-order valence-corrected chi connectivity index (χ4v) is 1.97. The largest absolute Gasteiger partial charge is 0.494 e. The molecule has 0 spiro atoms. The van der Waals surface area contributed by atoms with Gasteiger partial charge in [0, 0.05) is 16.7 Å². The molecule has 2 rings (SSSR count). The number of hydrogen-bond acceptors (Lipinski definition) is 4. The number of nitrogens with zero attached hydrogens (tertiary/aromatic N) is 1. The second kappa shape index (κ2) is 7.14. The summed E-state index contributed by atoms with van der Waals surface area (Å²) in [6.45, 7) is 5.15. The normalized spacial score (nSPS) is 10.2. The van der Waals surface area contributed by atoms with Crippen LogP contribution in [0.25, 0.3) is 0 Å². The molecular formula is C15H17BrN2O2. The van der Waals surface area contributed by atoms with E-state index in [4.69, 9.17) is 9.47 Å². The predicted octanol–water partition coefficient (Wildman–Crippen LogP) is 4.39. The summed E-state index contributed by atoms with van der Waals surface area (Å²) in [5.74, 6) is 2.33. The first kappa shape index (κ1) is 14.7. The van der Waals surface area contributed by atoms with Crippen LogP contribution in [-0.2, 0) is 0 Å². The van der Waals surface area contributed by atoms with Crippen molar-refractivity contribution in [3.8, 4) is 11.5 Å². The Kier molecular flexibility index (Phi) is 5.24. The van der Waals surface area contributed by atoms with Gasteiger partial charge in [0.05, 0.1) is 18.9 Å². The van der Waals surface area contributed by atoms with Gasteiger partial charge in [-0.15, -0.1) is 0 Å². The van der Waals surface area contributed by atoms with Gasteiger partial charge in [-0.25, -0.2) is 4.98 Å². The monoisotopic (exact) mass is 336 g/mol. The summed E-state index contributed by atoms with van der Waals surface area (Å²) < 4.78 is 12.1. The maximum atomic E-state index is 5.61. The van der Waals surface area contributed by atoms with Crippen LogP contribution >= 0.6 is 15.9 Å².